The van der Waals surface area contributed by atoms with Crippen LogP contribution in [-0.4, -0.2) is 72.3 Å². The first-order valence-electron chi connectivity index (χ1n) is 14.5. The lowest BCUT2D eigenvalue weighted by molar-refractivity contribution is -0.134. The standard InChI is InChI=1S/C31H40Cl2N4O3/c32-26-13-12-24(21-27(26)33)30(39)34-22-25-16-20-37(19-8-5-11-23-9-3-1-4-10-23)31(40)28(35-25)14-15-29(38)36-17-6-2-7-18-36/h1,3-4,9-10,12-13,21,25,28,35H,2,5-8,11,14-20,22H2,(H,34,39)/t25-,28-/m0/s1. The molecule has 2 N–H and O–H groups in total. The van der Waals surface area contributed by atoms with E-state index in [4.69, 9.17) is 23.2 Å². The molecule has 0 spiro atoms. The van der Waals surface area contributed by atoms with Gasteiger partial charge < -0.3 is 20.4 Å². The number of rotatable bonds is 11. The average Bonchev–Trinajstić information content (AvgIpc) is 3.13. The number of carbonyl (C=O) groups is 3. The normalized spacial score (nSPS) is 19.8. The number of hydrogen-bond acceptors (Lipinski definition) is 4. The lowest BCUT2D eigenvalue weighted by Crippen LogP contribution is -2.49. The van der Waals surface area contributed by atoms with Crippen molar-refractivity contribution in [1.29, 1.82) is 0 Å². The van der Waals surface area contributed by atoms with Crippen molar-refractivity contribution in [2.45, 2.75) is 69.9 Å². The number of likely N-dealkylation sites (tertiary alicyclic amines) is 1. The van der Waals surface area contributed by atoms with Crippen LogP contribution in [0.1, 0.15) is 67.3 Å². The highest BCUT2D eigenvalue weighted by Crippen LogP contribution is 2.22. The summed E-state index contributed by atoms with van der Waals surface area (Å²) in [5, 5.41) is 7.17. The molecule has 7 nitrogen and oxygen atoms in total. The Bertz CT molecular complexity index is 1140. The Morgan fingerprint density at radius 1 is 0.950 bits per heavy atom. The van der Waals surface area contributed by atoms with Crippen molar-refractivity contribution in [2.24, 2.45) is 0 Å². The fourth-order valence-corrected chi connectivity index (χ4v) is 5.77. The van der Waals surface area contributed by atoms with E-state index in [0.29, 0.717) is 54.5 Å². The Morgan fingerprint density at radius 3 is 2.48 bits per heavy atom. The fourth-order valence-electron chi connectivity index (χ4n) is 5.47. The van der Waals surface area contributed by atoms with Gasteiger partial charge in [-0.25, -0.2) is 0 Å². The van der Waals surface area contributed by atoms with Crippen molar-refractivity contribution in [1.82, 2.24) is 20.4 Å². The minimum absolute atomic E-state index is 0.0458. The summed E-state index contributed by atoms with van der Waals surface area (Å²) < 4.78 is 0. The molecule has 2 saturated heterocycles. The van der Waals surface area contributed by atoms with Crippen LogP contribution in [0.3, 0.4) is 0 Å². The maximum Gasteiger partial charge on any atom is 0.251 e. The molecule has 9 heteroatoms. The quantitative estimate of drug-likeness (QED) is 0.359. The first kappa shape index (κ1) is 30.4. The van der Waals surface area contributed by atoms with E-state index in [1.54, 1.807) is 18.2 Å². The summed E-state index contributed by atoms with van der Waals surface area (Å²) in [5.74, 6) is -0.0765. The van der Waals surface area contributed by atoms with Gasteiger partial charge >= 0.3 is 0 Å². The molecule has 2 atom stereocenters. The van der Waals surface area contributed by atoms with Gasteiger partial charge in [-0.1, -0.05) is 53.5 Å². The Kier molecular flexibility index (Phi) is 11.7. The molecule has 2 aromatic rings. The molecule has 2 aliphatic heterocycles. The number of nitrogens with one attached hydrogen (secondary N) is 2. The molecule has 216 valence electrons. The molecule has 0 aromatic heterocycles. The number of amides is 3. The second-order valence-corrected chi connectivity index (χ2v) is 11.6. The third-order valence-electron chi connectivity index (χ3n) is 7.83. The van der Waals surface area contributed by atoms with Crippen molar-refractivity contribution in [3.63, 3.8) is 0 Å². The van der Waals surface area contributed by atoms with E-state index >= 15 is 0 Å². The van der Waals surface area contributed by atoms with Gasteiger partial charge in [0.25, 0.3) is 5.91 Å². The fraction of sp³-hybridized carbons (Fsp3) is 0.516. The summed E-state index contributed by atoms with van der Waals surface area (Å²) in [7, 11) is 0. The molecule has 0 bridgehead atoms. The molecule has 0 aliphatic carbocycles. The molecule has 2 aromatic carbocycles. The van der Waals surface area contributed by atoms with Crippen molar-refractivity contribution in [2.75, 3.05) is 32.7 Å². The second-order valence-electron chi connectivity index (χ2n) is 10.8. The van der Waals surface area contributed by atoms with Gasteiger partial charge in [0.05, 0.1) is 16.1 Å². The lowest BCUT2D eigenvalue weighted by atomic mass is 10.1. The van der Waals surface area contributed by atoms with Gasteiger partial charge in [-0.3, -0.25) is 14.4 Å². The maximum absolute atomic E-state index is 13.6. The van der Waals surface area contributed by atoms with Crippen LogP contribution in [0, 0.1) is 0 Å². The van der Waals surface area contributed by atoms with Crippen LogP contribution in [0.4, 0.5) is 0 Å². The molecule has 2 heterocycles. The van der Waals surface area contributed by atoms with E-state index in [-0.39, 0.29) is 23.8 Å². The van der Waals surface area contributed by atoms with Crippen LogP contribution in [0.25, 0.3) is 0 Å². The molecule has 2 aliphatic rings. The molecule has 4 rings (SSSR count). The van der Waals surface area contributed by atoms with Crippen molar-refractivity contribution in [3.8, 4) is 0 Å². The summed E-state index contributed by atoms with van der Waals surface area (Å²) in [6.45, 7) is 3.28. The number of halogens is 2. The topological polar surface area (TPSA) is 81.8 Å². The third-order valence-corrected chi connectivity index (χ3v) is 8.57. The molecular weight excluding hydrogens is 547 g/mol. The number of benzene rings is 2. The van der Waals surface area contributed by atoms with E-state index in [9.17, 15) is 14.4 Å². The maximum atomic E-state index is 13.6. The van der Waals surface area contributed by atoms with Gasteiger partial charge in [0.1, 0.15) is 0 Å². The van der Waals surface area contributed by atoms with E-state index in [2.05, 4.69) is 34.9 Å². The zero-order chi connectivity index (χ0) is 28.3. The zero-order valence-electron chi connectivity index (χ0n) is 23.0. The molecule has 3 amide bonds. The molecule has 40 heavy (non-hydrogen) atoms. The number of carbonyl (C=O) groups excluding carboxylic acids is 3. The van der Waals surface area contributed by atoms with Crippen LogP contribution in [0.15, 0.2) is 48.5 Å². The Morgan fingerprint density at radius 2 is 1.73 bits per heavy atom. The Hall–Kier alpha value is -2.61. The predicted molar refractivity (Wildman–Crippen MR) is 160 cm³/mol. The molecule has 0 unspecified atom stereocenters. The highest BCUT2D eigenvalue weighted by molar-refractivity contribution is 6.42. The van der Waals surface area contributed by atoms with E-state index in [1.165, 1.54) is 12.0 Å². The highest BCUT2D eigenvalue weighted by atomic mass is 35.5. The van der Waals surface area contributed by atoms with Crippen LogP contribution in [-0.2, 0) is 16.0 Å². The summed E-state index contributed by atoms with van der Waals surface area (Å²) in [6, 6.07) is 14.6. The number of hydrogen-bond donors (Lipinski definition) is 2. The highest BCUT2D eigenvalue weighted by Gasteiger charge is 2.31. The summed E-state index contributed by atoms with van der Waals surface area (Å²) in [4.78, 5) is 43.1. The Balaban J connectivity index is 1.35. The van der Waals surface area contributed by atoms with Crippen molar-refractivity contribution in [3.05, 3.63) is 69.7 Å². The van der Waals surface area contributed by atoms with Gasteiger partial charge in [0, 0.05) is 50.7 Å². The van der Waals surface area contributed by atoms with E-state index in [0.717, 1.165) is 45.2 Å². The number of nitrogens with zero attached hydrogens (tertiary/aromatic N) is 2. The summed E-state index contributed by atoms with van der Waals surface area (Å²) in [5.41, 5.74) is 1.74. The van der Waals surface area contributed by atoms with Gasteiger partial charge in [-0.05, 0) is 75.1 Å². The molecule has 0 saturated carbocycles. The largest absolute Gasteiger partial charge is 0.350 e. The smallest absolute Gasteiger partial charge is 0.251 e. The van der Waals surface area contributed by atoms with Gasteiger partial charge in [-0.2, -0.15) is 0 Å². The molecule has 2 fully saturated rings. The van der Waals surface area contributed by atoms with Gasteiger partial charge in [-0.15, -0.1) is 0 Å². The number of aryl methyl sites for hydroxylation is 1. The van der Waals surface area contributed by atoms with Crippen LogP contribution in [0.2, 0.25) is 10.0 Å². The molecule has 0 radical (unpaired) electrons. The summed E-state index contributed by atoms with van der Waals surface area (Å²) >= 11 is 12.1. The van der Waals surface area contributed by atoms with E-state index < -0.39 is 6.04 Å². The minimum atomic E-state index is -0.461. The first-order valence-corrected chi connectivity index (χ1v) is 15.3. The first-order chi connectivity index (χ1) is 19.4. The number of unbranched alkanes of at least 4 members (excludes halogenated alkanes) is 1. The van der Waals surface area contributed by atoms with Crippen LogP contribution in [0.5, 0.6) is 0 Å². The lowest BCUT2D eigenvalue weighted by Gasteiger charge is -2.28. The Labute approximate surface area is 247 Å². The van der Waals surface area contributed by atoms with Gasteiger partial charge in [0.2, 0.25) is 11.8 Å². The van der Waals surface area contributed by atoms with Crippen molar-refractivity contribution >= 4 is 40.9 Å². The SMILES string of the molecule is O=C(NC[C@@H]1CCN(CCCCc2ccccc2)C(=O)[C@H](CCC(=O)N2CCCCC2)N1)c1ccc(Cl)c(Cl)c1. The van der Waals surface area contributed by atoms with Gasteiger partial charge in [0.15, 0.2) is 0 Å². The van der Waals surface area contributed by atoms with E-state index in [1.807, 2.05) is 15.9 Å². The summed E-state index contributed by atoms with van der Waals surface area (Å²) in [6.07, 6.45) is 7.66. The van der Waals surface area contributed by atoms with Crippen molar-refractivity contribution < 1.29 is 14.4 Å². The van der Waals surface area contributed by atoms with Crippen LogP contribution >= 0.6 is 23.2 Å². The van der Waals surface area contributed by atoms with Crippen LogP contribution < -0.4 is 10.6 Å². The monoisotopic (exact) mass is 586 g/mol. The minimum Gasteiger partial charge on any atom is -0.350 e. The average molecular weight is 588 g/mol. The predicted octanol–water partition coefficient (Wildman–Crippen LogP) is 5.10. The third kappa shape index (κ3) is 8.95. The second kappa shape index (κ2) is 15.4. The number of piperidine rings is 1. The molecular formula is C31H40Cl2N4O3. The zero-order valence-corrected chi connectivity index (χ0v) is 24.6.